The SMILES string of the molecule is COc1cccc(-c2nc3ccc([N+](=O)[O-])cn3c2C=O)c1. The van der Waals surface area contributed by atoms with Gasteiger partial charge in [0.25, 0.3) is 5.69 Å². The summed E-state index contributed by atoms with van der Waals surface area (Å²) in [5.74, 6) is 0.636. The van der Waals surface area contributed by atoms with Gasteiger partial charge in [0, 0.05) is 11.6 Å². The molecule has 0 atom stereocenters. The predicted octanol–water partition coefficient (Wildman–Crippen LogP) is 2.73. The topological polar surface area (TPSA) is 86.7 Å². The molecule has 0 amide bonds. The molecule has 2 aromatic heterocycles. The Morgan fingerprint density at radius 2 is 2.14 bits per heavy atom. The number of aldehydes is 1. The molecule has 3 aromatic rings. The average molecular weight is 297 g/mol. The van der Waals surface area contributed by atoms with Gasteiger partial charge in [-0.2, -0.15) is 0 Å². The Morgan fingerprint density at radius 1 is 1.32 bits per heavy atom. The van der Waals surface area contributed by atoms with Gasteiger partial charge in [0.1, 0.15) is 22.8 Å². The summed E-state index contributed by atoms with van der Waals surface area (Å²) in [7, 11) is 1.55. The van der Waals surface area contributed by atoms with Crippen LogP contribution in [-0.2, 0) is 0 Å². The number of methoxy groups -OCH3 is 1. The number of nitrogens with zero attached hydrogens (tertiary/aromatic N) is 3. The summed E-state index contributed by atoms with van der Waals surface area (Å²) in [5, 5.41) is 10.9. The molecule has 1 aromatic carbocycles. The van der Waals surface area contributed by atoms with E-state index in [0.29, 0.717) is 28.9 Å². The van der Waals surface area contributed by atoms with Crippen LogP contribution < -0.4 is 4.74 Å². The van der Waals surface area contributed by atoms with Gasteiger partial charge in [-0.25, -0.2) is 4.98 Å². The number of hydrogen-bond acceptors (Lipinski definition) is 5. The third kappa shape index (κ3) is 2.18. The number of imidazole rings is 1. The molecule has 2 heterocycles. The Kier molecular flexibility index (Phi) is 3.30. The van der Waals surface area contributed by atoms with Gasteiger partial charge in [-0.1, -0.05) is 12.1 Å². The lowest BCUT2D eigenvalue weighted by Gasteiger charge is -2.02. The Balaban J connectivity index is 2.25. The zero-order chi connectivity index (χ0) is 15.7. The summed E-state index contributed by atoms with van der Waals surface area (Å²) in [5.41, 5.74) is 1.77. The van der Waals surface area contributed by atoms with Crippen molar-refractivity contribution < 1.29 is 14.5 Å². The highest BCUT2D eigenvalue weighted by molar-refractivity contribution is 5.86. The summed E-state index contributed by atoms with van der Waals surface area (Å²) in [4.78, 5) is 26.2. The van der Waals surface area contributed by atoms with Gasteiger partial charge in [-0.15, -0.1) is 0 Å². The highest BCUT2D eigenvalue weighted by Crippen LogP contribution is 2.27. The molecular weight excluding hydrogens is 286 g/mol. The quantitative estimate of drug-likeness (QED) is 0.420. The molecule has 0 saturated carbocycles. The summed E-state index contributed by atoms with van der Waals surface area (Å²) in [6, 6.07) is 9.98. The van der Waals surface area contributed by atoms with Gasteiger partial charge < -0.3 is 4.74 Å². The van der Waals surface area contributed by atoms with Crippen molar-refractivity contribution in [3.8, 4) is 17.0 Å². The first-order valence-electron chi connectivity index (χ1n) is 6.40. The number of hydrogen-bond donors (Lipinski definition) is 0. The van der Waals surface area contributed by atoms with Crippen molar-refractivity contribution in [2.75, 3.05) is 7.11 Å². The number of carbonyl (C=O) groups is 1. The van der Waals surface area contributed by atoms with E-state index in [1.54, 1.807) is 31.4 Å². The van der Waals surface area contributed by atoms with Gasteiger partial charge in [-0.3, -0.25) is 19.3 Å². The highest BCUT2D eigenvalue weighted by atomic mass is 16.6. The fraction of sp³-hybridized carbons (Fsp3) is 0.0667. The van der Waals surface area contributed by atoms with Gasteiger partial charge in [0.05, 0.1) is 18.2 Å². The molecule has 0 aliphatic rings. The van der Waals surface area contributed by atoms with E-state index < -0.39 is 4.92 Å². The summed E-state index contributed by atoms with van der Waals surface area (Å²) in [6.45, 7) is 0. The standard InChI is InChI=1S/C15H11N3O4/c1-22-12-4-2-3-10(7-12)15-13(9-19)17-8-11(18(20)21)5-6-14(17)16-15/h2-9H,1H3. The van der Waals surface area contributed by atoms with Crippen molar-refractivity contribution in [1.29, 1.82) is 0 Å². The number of carbonyl (C=O) groups excluding carboxylic acids is 1. The number of fused-ring (bicyclic) bond motifs is 1. The van der Waals surface area contributed by atoms with Crippen molar-refractivity contribution in [3.63, 3.8) is 0 Å². The number of rotatable bonds is 4. The first kappa shape index (κ1) is 13.7. The van der Waals surface area contributed by atoms with Gasteiger partial charge in [0.2, 0.25) is 0 Å². The van der Waals surface area contributed by atoms with Crippen molar-refractivity contribution in [2.45, 2.75) is 0 Å². The van der Waals surface area contributed by atoms with Crippen molar-refractivity contribution >= 4 is 17.6 Å². The molecular formula is C15H11N3O4. The molecule has 0 unspecified atom stereocenters. The molecule has 0 spiro atoms. The third-order valence-electron chi connectivity index (χ3n) is 3.31. The van der Waals surface area contributed by atoms with Crippen molar-refractivity contribution in [3.05, 3.63) is 58.4 Å². The van der Waals surface area contributed by atoms with Crippen molar-refractivity contribution in [2.24, 2.45) is 0 Å². The zero-order valence-electron chi connectivity index (χ0n) is 11.6. The molecule has 0 N–H and O–H groups in total. The lowest BCUT2D eigenvalue weighted by Crippen LogP contribution is -1.95. The fourth-order valence-electron chi connectivity index (χ4n) is 2.26. The van der Waals surface area contributed by atoms with Crippen LogP contribution in [0.4, 0.5) is 5.69 Å². The van der Waals surface area contributed by atoms with E-state index in [4.69, 9.17) is 4.74 Å². The van der Waals surface area contributed by atoms with Crippen LogP contribution in [0.25, 0.3) is 16.9 Å². The van der Waals surface area contributed by atoms with Crippen LogP contribution >= 0.6 is 0 Å². The van der Waals surface area contributed by atoms with Crippen LogP contribution in [0.15, 0.2) is 42.6 Å². The molecule has 7 heteroatoms. The molecule has 0 fully saturated rings. The maximum atomic E-state index is 11.4. The summed E-state index contributed by atoms with van der Waals surface area (Å²) >= 11 is 0. The van der Waals surface area contributed by atoms with Gasteiger partial charge in [-0.05, 0) is 18.2 Å². The van der Waals surface area contributed by atoms with E-state index in [1.807, 2.05) is 0 Å². The lowest BCUT2D eigenvalue weighted by molar-refractivity contribution is -0.385. The number of benzene rings is 1. The van der Waals surface area contributed by atoms with E-state index >= 15 is 0 Å². The second kappa shape index (κ2) is 5.28. The number of ether oxygens (including phenoxy) is 1. The average Bonchev–Trinajstić information content (AvgIpc) is 2.92. The second-order valence-corrected chi connectivity index (χ2v) is 4.57. The molecule has 110 valence electrons. The van der Waals surface area contributed by atoms with E-state index in [2.05, 4.69) is 4.98 Å². The normalized spacial score (nSPS) is 10.6. The molecule has 0 saturated heterocycles. The summed E-state index contributed by atoms with van der Waals surface area (Å²) < 4.78 is 6.58. The minimum Gasteiger partial charge on any atom is -0.497 e. The van der Waals surface area contributed by atoms with E-state index in [-0.39, 0.29) is 11.4 Å². The minimum absolute atomic E-state index is 0.106. The van der Waals surface area contributed by atoms with Crippen LogP contribution in [0.2, 0.25) is 0 Å². The van der Waals surface area contributed by atoms with Crippen molar-refractivity contribution in [1.82, 2.24) is 9.38 Å². The molecule has 7 nitrogen and oxygen atoms in total. The van der Waals surface area contributed by atoms with Crippen LogP contribution in [-0.4, -0.2) is 27.7 Å². The van der Waals surface area contributed by atoms with E-state index in [9.17, 15) is 14.9 Å². The first-order chi connectivity index (χ1) is 10.6. The van der Waals surface area contributed by atoms with Gasteiger partial charge in [0.15, 0.2) is 6.29 Å². The maximum absolute atomic E-state index is 11.4. The van der Waals surface area contributed by atoms with E-state index in [0.717, 1.165) is 0 Å². The Labute approximate surface area is 124 Å². The maximum Gasteiger partial charge on any atom is 0.286 e. The zero-order valence-corrected chi connectivity index (χ0v) is 11.6. The van der Waals surface area contributed by atoms with Gasteiger partial charge >= 0.3 is 0 Å². The smallest absolute Gasteiger partial charge is 0.286 e. The van der Waals surface area contributed by atoms with Crippen LogP contribution in [0.3, 0.4) is 0 Å². The Hall–Kier alpha value is -3.22. The summed E-state index contributed by atoms with van der Waals surface area (Å²) in [6.07, 6.45) is 1.92. The first-order valence-corrected chi connectivity index (χ1v) is 6.40. The molecule has 0 bridgehead atoms. The molecule has 0 aliphatic carbocycles. The molecule has 22 heavy (non-hydrogen) atoms. The number of nitro groups is 1. The Morgan fingerprint density at radius 3 is 2.82 bits per heavy atom. The van der Waals surface area contributed by atoms with E-state index in [1.165, 1.54) is 22.7 Å². The molecule has 3 rings (SSSR count). The third-order valence-corrected chi connectivity index (χ3v) is 3.31. The molecule has 0 aliphatic heterocycles. The Bertz CT molecular complexity index is 886. The fourth-order valence-corrected chi connectivity index (χ4v) is 2.26. The van der Waals surface area contributed by atoms with Crippen LogP contribution in [0, 0.1) is 10.1 Å². The second-order valence-electron chi connectivity index (χ2n) is 4.57. The molecule has 0 radical (unpaired) electrons. The lowest BCUT2D eigenvalue weighted by atomic mass is 10.1. The highest BCUT2D eigenvalue weighted by Gasteiger charge is 2.16. The monoisotopic (exact) mass is 297 g/mol. The largest absolute Gasteiger partial charge is 0.497 e. The number of aromatic nitrogens is 2. The number of pyridine rings is 1. The van der Waals surface area contributed by atoms with Crippen LogP contribution in [0.1, 0.15) is 10.5 Å². The predicted molar refractivity (Wildman–Crippen MR) is 79.2 cm³/mol. The minimum atomic E-state index is -0.515. The van der Waals surface area contributed by atoms with Crippen LogP contribution in [0.5, 0.6) is 5.75 Å².